The van der Waals surface area contributed by atoms with Gasteiger partial charge in [-0.2, -0.15) is 0 Å². The van der Waals surface area contributed by atoms with Crippen LogP contribution in [0.15, 0.2) is 10.7 Å². The molecule has 0 bridgehead atoms. The lowest BCUT2D eigenvalue weighted by molar-refractivity contribution is -0.0400. The molecule has 0 aliphatic carbocycles. The molecule has 6 heteroatoms. The fourth-order valence-corrected chi connectivity index (χ4v) is 4.29. The van der Waals surface area contributed by atoms with E-state index >= 15 is 0 Å². The Morgan fingerprint density at radius 3 is 2.69 bits per heavy atom. The number of pyridine rings is 1. The topological polar surface area (TPSA) is 64.3 Å². The summed E-state index contributed by atoms with van der Waals surface area (Å²) in [6, 6.07) is 0. The Bertz CT molecular complexity index is 1000. The van der Waals surface area contributed by atoms with Crippen molar-refractivity contribution < 1.29 is 9.15 Å². The number of hydrogen-bond donors (Lipinski definition) is 0. The van der Waals surface area contributed by atoms with E-state index in [4.69, 9.17) is 14.1 Å². The van der Waals surface area contributed by atoms with Crippen molar-refractivity contribution in [1.82, 2.24) is 15.0 Å². The van der Waals surface area contributed by atoms with Crippen LogP contribution in [0.4, 0.5) is 5.82 Å². The highest BCUT2D eigenvalue weighted by atomic mass is 16.5. The molecular formula is C20H24N4O2. The molecule has 0 radical (unpaired) electrons. The van der Waals surface area contributed by atoms with Crippen LogP contribution in [-0.4, -0.2) is 33.6 Å². The van der Waals surface area contributed by atoms with Crippen LogP contribution < -0.4 is 4.90 Å². The molecule has 0 atom stereocenters. The van der Waals surface area contributed by atoms with Crippen molar-refractivity contribution in [1.29, 1.82) is 0 Å². The van der Waals surface area contributed by atoms with Crippen molar-refractivity contribution in [2.24, 2.45) is 0 Å². The Morgan fingerprint density at radius 1 is 1.08 bits per heavy atom. The number of furan rings is 1. The van der Waals surface area contributed by atoms with Crippen molar-refractivity contribution in [2.75, 3.05) is 18.0 Å². The van der Waals surface area contributed by atoms with Crippen molar-refractivity contribution in [3.63, 3.8) is 0 Å². The van der Waals surface area contributed by atoms with Gasteiger partial charge in [0.05, 0.1) is 17.6 Å². The number of aryl methyl sites for hydroxylation is 1. The summed E-state index contributed by atoms with van der Waals surface area (Å²) in [6.45, 7) is 8.93. The van der Waals surface area contributed by atoms with E-state index < -0.39 is 0 Å². The highest BCUT2D eigenvalue weighted by Crippen LogP contribution is 2.39. The zero-order valence-corrected chi connectivity index (χ0v) is 15.6. The lowest BCUT2D eigenvalue weighted by atomic mass is 9.89. The van der Waals surface area contributed by atoms with Crippen molar-refractivity contribution in [3.8, 4) is 0 Å². The van der Waals surface area contributed by atoms with Crippen LogP contribution >= 0.6 is 0 Å². The fourth-order valence-electron chi connectivity index (χ4n) is 4.29. The molecule has 3 aromatic rings. The number of ether oxygens (including phenoxy) is 1. The molecule has 136 valence electrons. The normalized spacial score (nSPS) is 19.9. The highest BCUT2D eigenvalue weighted by molar-refractivity contribution is 6.06. The second kappa shape index (κ2) is 5.64. The molecule has 3 aromatic heterocycles. The molecule has 2 aliphatic rings. The summed E-state index contributed by atoms with van der Waals surface area (Å²) in [6.07, 6.45) is 6.18. The van der Waals surface area contributed by atoms with Crippen molar-refractivity contribution >= 4 is 28.0 Å². The number of rotatable bonds is 1. The largest absolute Gasteiger partial charge is 0.432 e. The van der Waals surface area contributed by atoms with Gasteiger partial charge in [-0.15, -0.1) is 0 Å². The predicted molar refractivity (Wildman–Crippen MR) is 100 cm³/mol. The van der Waals surface area contributed by atoms with E-state index in [9.17, 15) is 0 Å². The first-order valence-corrected chi connectivity index (χ1v) is 9.48. The van der Waals surface area contributed by atoms with Crippen molar-refractivity contribution in [2.45, 2.75) is 58.7 Å². The molecule has 1 fully saturated rings. The standard InChI is InChI=1S/C20H24N4O2/c1-12-14-10-25-20(2,3)9-13(14)15-16-17(26-19(15)23-12)18(22-11-21-16)24-7-5-4-6-8-24/h11H,4-10H2,1-3H3. The quantitative estimate of drug-likeness (QED) is 0.661. The summed E-state index contributed by atoms with van der Waals surface area (Å²) in [5, 5.41) is 1.04. The summed E-state index contributed by atoms with van der Waals surface area (Å²) in [7, 11) is 0. The molecule has 2 aliphatic heterocycles. The van der Waals surface area contributed by atoms with Gasteiger partial charge in [0, 0.05) is 30.8 Å². The zero-order chi connectivity index (χ0) is 17.9. The molecule has 0 spiro atoms. The smallest absolute Gasteiger partial charge is 0.229 e. The van der Waals surface area contributed by atoms with E-state index in [1.807, 2.05) is 6.92 Å². The Kier molecular flexibility index (Phi) is 3.47. The SMILES string of the molecule is Cc1nc2oc3c(N4CCCCC4)ncnc3c2c2c1COC(C)(C)C2. The molecule has 0 amide bonds. The van der Waals surface area contributed by atoms with Crippen LogP contribution in [0.5, 0.6) is 0 Å². The predicted octanol–water partition coefficient (Wildman–Crippen LogP) is 3.92. The first-order chi connectivity index (χ1) is 12.5. The zero-order valence-electron chi connectivity index (χ0n) is 15.6. The van der Waals surface area contributed by atoms with E-state index in [2.05, 4.69) is 28.7 Å². The third-order valence-corrected chi connectivity index (χ3v) is 5.67. The number of hydrogen-bond acceptors (Lipinski definition) is 6. The molecule has 0 saturated carbocycles. The Balaban J connectivity index is 1.78. The van der Waals surface area contributed by atoms with Crippen LogP contribution in [0.1, 0.15) is 49.9 Å². The Morgan fingerprint density at radius 2 is 1.88 bits per heavy atom. The van der Waals surface area contributed by atoms with Gasteiger partial charge in [0.25, 0.3) is 0 Å². The number of fused-ring (bicyclic) bond motifs is 5. The third-order valence-electron chi connectivity index (χ3n) is 5.67. The second-order valence-electron chi connectivity index (χ2n) is 8.08. The van der Waals surface area contributed by atoms with Gasteiger partial charge in [-0.3, -0.25) is 0 Å². The summed E-state index contributed by atoms with van der Waals surface area (Å²) < 4.78 is 12.3. The van der Waals surface area contributed by atoms with Crippen LogP contribution in [0.25, 0.3) is 22.2 Å². The van der Waals surface area contributed by atoms with Gasteiger partial charge in [-0.05, 0) is 45.6 Å². The van der Waals surface area contributed by atoms with Gasteiger partial charge >= 0.3 is 0 Å². The number of aromatic nitrogens is 3. The third kappa shape index (κ3) is 2.39. The molecule has 6 nitrogen and oxygen atoms in total. The second-order valence-corrected chi connectivity index (χ2v) is 8.08. The van der Waals surface area contributed by atoms with Gasteiger partial charge < -0.3 is 14.1 Å². The molecule has 1 saturated heterocycles. The van der Waals surface area contributed by atoms with E-state index in [0.717, 1.165) is 47.5 Å². The average Bonchev–Trinajstić information content (AvgIpc) is 2.99. The Labute approximate surface area is 152 Å². The highest BCUT2D eigenvalue weighted by Gasteiger charge is 2.32. The molecular weight excluding hydrogens is 328 g/mol. The Hall–Kier alpha value is -2.21. The van der Waals surface area contributed by atoms with Crippen LogP contribution in [0.3, 0.4) is 0 Å². The first-order valence-electron chi connectivity index (χ1n) is 9.48. The van der Waals surface area contributed by atoms with Gasteiger partial charge in [0.2, 0.25) is 5.71 Å². The lowest BCUT2D eigenvalue weighted by Gasteiger charge is -2.32. The number of nitrogens with zero attached hydrogens (tertiary/aromatic N) is 4. The molecule has 26 heavy (non-hydrogen) atoms. The lowest BCUT2D eigenvalue weighted by Crippen LogP contribution is -2.32. The maximum Gasteiger partial charge on any atom is 0.229 e. The summed E-state index contributed by atoms with van der Waals surface area (Å²) in [5.41, 5.74) is 5.57. The van der Waals surface area contributed by atoms with Crippen molar-refractivity contribution in [3.05, 3.63) is 23.1 Å². The molecule has 0 N–H and O–H groups in total. The van der Waals surface area contributed by atoms with E-state index in [1.54, 1.807) is 6.33 Å². The molecule has 5 heterocycles. The number of anilines is 1. The van der Waals surface area contributed by atoms with Crippen LogP contribution in [-0.2, 0) is 17.8 Å². The maximum atomic E-state index is 6.23. The first kappa shape index (κ1) is 16.0. The monoisotopic (exact) mass is 352 g/mol. The minimum Gasteiger partial charge on any atom is -0.432 e. The van der Waals surface area contributed by atoms with E-state index in [-0.39, 0.29) is 5.60 Å². The summed E-state index contributed by atoms with van der Waals surface area (Å²) in [5.74, 6) is 0.908. The minimum atomic E-state index is -0.194. The fraction of sp³-hybridized carbons (Fsp3) is 0.550. The number of piperidine rings is 1. The van der Waals surface area contributed by atoms with Gasteiger partial charge in [-0.25, -0.2) is 15.0 Å². The van der Waals surface area contributed by atoms with Crippen LogP contribution in [0.2, 0.25) is 0 Å². The molecule has 0 unspecified atom stereocenters. The summed E-state index contributed by atoms with van der Waals surface area (Å²) in [4.78, 5) is 16.2. The van der Waals surface area contributed by atoms with Crippen LogP contribution in [0, 0.1) is 6.92 Å². The maximum absolute atomic E-state index is 6.23. The summed E-state index contributed by atoms with van der Waals surface area (Å²) >= 11 is 0. The van der Waals surface area contributed by atoms with Gasteiger partial charge in [0.15, 0.2) is 11.4 Å². The minimum absolute atomic E-state index is 0.194. The van der Waals surface area contributed by atoms with Gasteiger partial charge in [0.1, 0.15) is 11.8 Å². The van der Waals surface area contributed by atoms with E-state index in [0.29, 0.717) is 12.3 Å². The van der Waals surface area contributed by atoms with E-state index in [1.165, 1.54) is 30.4 Å². The average molecular weight is 352 g/mol. The molecule has 0 aromatic carbocycles. The van der Waals surface area contributed by atoms with Gasteiger partial charge in [-0.1, -0.05) is 0 Å². The molecule has 5 rings (SSSR count).